The highest BCUT2D eigenvalue weighted by Crippen LogP contribution is 2.31. The van der Waals surface area contributed by atoms with Gasteiger partial charge in [0.05, 0.1) is 11.1 Å². The van der Waals surface area contributed by atoms with Crippen LogP contribution < -0.4 is 5.32 Å². The number of carboxylic acids is 1. The van der Waals surface area contributed by atoms with Crippen molar-refractivity contribution in [3.8, 4) is 0 Å². The molecule has 1 atom stereocenters. The average Bonchev–Trinajstić information content (AvgIpc) is 2.90. The maximum absolute atomic E-state index is 12.8. The summed E-state index contributed by atoms with van der Waals surface area (Å²) in [7, 11) is 0. The monoisotopic (exact) mass is 372 g/mol. The smallest absolute Gasteiger partial charge is 0.326 e. The molecule has 144 valence electrons. The number of carbonyl (C=O) groups is 4. The second-order valence-corrected chi connectivity index (χ2v) is 7.57. The third-order valence-electron chi connectivity index (χ3n) is 5.34. The Morgan fingerprint density at radius 1 is 1.07 bits per heavy atom. The molecule has 0 unspecified atom stereocenters. The lowest BCUT2D eigenvalue weighted by molar-refractivity contribution is -0.140. The first-order chi connectivity index (χ1) is 12.8. The summed E-state index contributed by atoms with van der Waals surface area (Å²) in [6.45, 7) is 3.40. The number of nitrogens with zero attached hydrogens (tertiary/aromatic N) is 1. The van der Waals surface area contributed by atoms with Crippen LogP contribution in [0.2, 0.25) is 0 Å². The largest absolute Gasteiger partial charge is 0.480 e. The van der Waals surface area contributed by atoms with Gasteiger partial charge in [-0.25, -0.2) is 4.79 Å². The van der Waals surface area contributed by atoms with Crippen LogP contribution in [-0.4, -0.2) is 45.8 Å². The van der Waals surface area contributed by atoms with E-state index in [1.165, 1.54) is 23.1 Å². The van der Waals surface area contributed by atoms with Gasteiger partial charge in [-0.1, -0.05) is 33.1 Å². The van der Waals surface area contributed by atoms with E-state index in [2.05, 4.69) is 5.32 Å². The van der Waals surface area contributed by atoms with Crippen LogP contribution in [0, 0.1) is 5.92 Å². The summed E-state index contributed by atoms with van der Waals surface area (Å²) in [4.78, 5) is 50.5. The summed E-state index contributed by atoms with van der Waals surface area (Å²) in [6, 6.07) is 3.23. The van der Waals surface area contributed by atoms with Crippen LogP contribution in [0.5, 0.6) is 0 Å². The minimum atomic E-state index is -1.12. The highest BCUT2D eigenvalue weighted by molar-refractivity contribution is 6.22. The standard InChI is InChI=1S/C20H24N2O5/c1-11(2)16(20(26)27)21-17(23)12-8-9-14-15(10-12)19(25)22(18(14)24)13-6-4-3-5-7-13/h8-11,13,16H,3-7H2,1-2H3,(H,21,23)(H,26,27)/t16-/m1/s1. The summed E-state index contributed by atoms with van der Waals surface area (Å²) in [5, 5.41) is 11.7. The number of hydrogen-bond donors (Lipinski definition) is 2. The number of imide groups is 1. The van der Waals surface area contributed by atoms with Gasteiger partial charge in [0, 0.05) is 11.6 Å². The van der Waals surface area contributed by atoms with Crippen LogP contribution in [0.3, 0.4) is 0 Å². The Kier molecular flexibility index (Phi) is 5.30. The Morgan fingerprint density at radius 2 is 1.70 bits per heavy atom. The van der Waals surface area contributed by atoms with Gasteiger partial charge in [-0.3, -0.25) is 19.3 Å². The van der Waals surface area contributed by atoms with Crippen LogP contribution in [0.15, 0.2) is 18.2 Å². The molecule has 7 nitrogen and oxygen atoms in total. The molecule has 1 aromatic carbocycles. The lowest BCUT2D eigenvalue weighted by Gasteiger charge is -2.29. The molecule has 1 aliphatic heterocycles. The van der Waals surface area contributed by atoms with Gasteiger partial charge in [0.2, 0.25) is 0 Å². The van der Waals surface area contributed by atoms with Gasteiger partial charge >= 0.3 is 5.97 Å². The predicted octanol–water partition coefficient (Wildman–Crippen LogP) is 2.45. The predicted molar refractivity (Wildman–Crippen MR) is 97.5 cm³/mol. The highest BCUT2D eigenvalue weighted by Gasteiger charge is 2.40. The van der Waals surface area contributed by atoms with Gasteiger partial charge in [-0.05, 0) is 37.0 Å². The van der Waals surface area contributed by atoms with Gasteiger partial charge < -0.3 is 10.4 Å². The number of carboxylic acid groups (broad SMARTS) is 1. The summed E-state index contributed by atoms with van der Waals surface area (Å²) < 4.78 is 0. The van der Waals surface area contributed by atoms with Gasteiger partial charge in [-0.15, -0.1) is 0 Å². The molecule has 0 radical (unpaired) electrons. The average molecular weight is 372 g/mol. The zero-order valence-electron chi connectivity index (χ0n) is 15.5. The molecule has 1 fully saturated rings. The molecule has 2 N–H and O–H groups in total. The van der Waals surface area contributed by atoms with Crippen molar-refractivity contribution in [2.45, 2.75) is 58.0 Å². The lowest BCUT2D eigenvalue weighted by Crippen LogP contribution is -2.44. The molecule has 2 aliphatic rings. The summed E-state index contributed by atoms with van der Waals surface area (Å²) >= 11 is 0. The van der Waals surface area contributed by atoms with E-state index in [0.29, 0.717) is 5.56 Å². The molecule has 1 aromatic rings. The molecule has 3 amide bonds. The molecule has 1 heterocycles. The van der Waals surface area contributed by atoms with Crippen LogP contribution in [-0.2, 0) is 4.79 Å². The Balaban J connectivity index is 1.83. The number of benzene rings is 1. The highest BCUT2D eigenvalue weighted by atomic mass is 16.4. The Hall–Kier alpha value is -2.70. The quantitative estimate of drug-likeness (QED) is 0.773. The zero-order chi connectivity index (χ0) is 19.7. The van der Waals surface area contributed by atoms with E-state index in [9.17, 15) is 24.3 Å². The van der Waals surface area contributed by atoms with E-state index < -0.39 is 17.9 Å². The van der Waals surface area contributed by atoms with E-state index in [1.807, 2.05) is 0 Å². The number of fused-ring (bicyclic) bond motifs is 1. The van der Waals surface area contributed by atoms with E-state index >= 15 is 0 Å². The fourth-order valence-corrected chi connectivity index (χ4v) is 3.81. The van der Waals surface area contributed by atoms with Crippen LogP contribution in [0.4, 0.5) is 0 Å². The maximum Gasteiger partial charge on any atom is 0.326 e. The zero-order valence-corrected chi connectivity index (χ0v) is 15.5. The third kappa shape index (κ3) is 3.59. The SMILES string of the molecule is CC(C)[C@@H](NC(=O)c1ccc2c(c1)C(=O)N(C1CCCCC1)C2=O)C(=O)O. The molecule has 1 saturated carbocycles. The van der Waals surface area contributed by atoms with Crippen molar-refractivity contribution in [1.82, 2.24) is 10.2 Å². The molecular formula is C20H24N2O5. The number of carbonyl (C=O) groups excluding carboxylic acids is 3. The van der Waals surface area contributed by atoms with E-state index in [0.717, 1.165) is 32.1 Å². The molecule has 0 saturated heterocycles. The van der Waals surface area contributed by atoms with E-state index in [1.54, 1.807) is 13.8 Å². The van der Waals surface area contributed by atoms with Crippen molar-refractivity contribution in [2.75, 3.05) is 0 Å². The fourth-order valence-electron chi connectivity index (χ4n) is 3.81. The molecule has 0 bridgehead atoms. The maximum atomic E-state index is 12.8. The molecule has 3 rings (SSSR count). The fraction of sp³-hybridized carbons (Fsp3) is 0.500. The normalized spacial score (nSPS) is 18.6. The molecule has 0 spiro atoms. The van der Waals surface area contributed by atoms with Gasteiger partial charge in [0.1, 0.15) is 6.04 Å². The van der Waals surface area contributed by atoms with E-state index in [-0.39, 0.29) is 34.9 Å². The third-order valence-corrected chi connectivity index (χ3v) is 5.34. The molecular weight excluding hydrogens is 348 g/mol. The lowest BCUT2D eigenvalue weighted by atomic mass is 9.94. The van der Waals surface area contributed by atoms with Gasteiger partial charge in [-0.2, -0.15) is 0 Å². The number of amides is 3. The second-order valence-electron chi connectivity index (χ2n) is 7.57. The Morgan fingerprint density at radius 3 is 2.30 bits per heavy atom. The van der Waals surface area contributed by atoms with Gasteiger partial charge in [0.25, 0.3) is 17.7 Å². The summed E-state index contributed by atoms with van der Waals surface area (Å²) in [6.07, 6.45) is 4.74. The molecule has 0 aromatic heterocycles. The first-order valence-corrected chi connectivity index (χ1v) is 9.37. The van der Waals surface area contributed by atoms with Gasteiger partial charge in [0.15, 0.2) is 0 Å². The minimum absolute atomic E-state index is 0.0826. The molecule has 27 heavy (non-hydrogen) atoms. The Bertz CT molecular complexity index is 796. The van der Waals surface area contributed by atoms with Crippen LogP contribution >= 0.6 is 0 Å². The second kappa shape index (κ2) is 7.50. The van der Waals surface area contributed by atoms with Crippen molar-refractivity contribution in [2.24, 2.45) is 5.92 Å². The van der Waals surface area contributed by atoms with Crippen LogP contribution in [0.1, 0.15) is 77.0 Å². The number of rotatable bonds is 5. The first kappa shape index (κ1) is 19.1. The van der Waals surface area contributed by atoms with Crippen molar-refractivity contribution < 1.29 is 24.3 Å². The van der Waals surface area contributed by atoms with Crippen molar-refractivity contribution >= 4 is 23.7 Å². The van der Waals surface area contributed by atoms with Crippen molar-refractivity contribution in [1.29, 1.82) is 0 Å². The summed E-state index contributed by atoms with van der Waals surface area (Å²) in [5.74, 6) is -2.65. The van der Waals surface area contributed by atoms with Crippen LogP contribution in [0.25, 0.3) is 0 Å². The Labute approximate surface area is 157 Å². The number of aliphatic carboxylic acids is 1. The van der Waals surface area contributed by atoms with Crippen molar-refractivity contribution in [3.05, 3.63) is 34.9 Å². The summed E-state index contributed by atoms with van der Waals surface area (Å²) in [5.41, 5.74) is 0.697. The number of hydrogen-bond acceptors (Lipinski definition) is 4. The number of nitrogens with one attached hydrogen (secondary N) is 1. The van der Waals surface area contributed by atoms with E-state index in [4.69, 9.17) is 0 Å². The first-order valence-electron chi connectivity index (χ1n) is 9.37. The minimum Gasteiger partial charge on any atom is -0.480 e. The molecule has 1 aliphatic carbocycles. The molecule has 7 heteroatoms. The van der Waals surface area contributed by atoms with Crippen molar-refractivity contribution in [3.63, 3.8) is 0 Å². The topological polar surface area (TPSA) is 104 Å².